The monoisotopic (exact) mass is 461 g/mol. The SMILES string of the molecule is CCC(C)(C)O.CCC(C)[N]=[V].OC(C(F)(F)F)(C(F)(F)F)C(F)(F)F.[CH3-]. The minimum atomic E-state index is -6.87. The zero-order valence-electron chi connectivity index (χ0n) is 15.7. The van der Waals surface area contributed by atoms with Crippen molar-refractivity contribution in [3.05, 3.63) is 7.43 Å². The topological polar surface area (TPSA) is 52.8 Å². The molecule has 27 heavy (non-hydrogen) atoms. The van der Waals surface area contributed by atoms with Crippen LogP contribution in [-0.4, -0.2) is 46.0 Å². The number of hydrogen-bond donors (Lipinski definition) is 2. The molecule has 1 atom stereocenters. The van der Waals surface area contributed by atoms with Crippen LogP contribution in [0.1, 0.15) is 47.5 Å². The Kier molecular flexibility index (Phi) is 15.6. The predicted molar refractivity (Wildman–Crippen MR) is 78.3 cm³/mol. The maximum atomic E-state index is 11.4. The second kappa shape index (κ2) is 12.3. The number of hydrogen-bond acceptors (Lipinski definition) is 3. The Bertz CT molecular complexity index is 365. The van der Waals surface area contributed by atoms with Crippen molar-refractivity contribution in [3.63, 3.8) is 0 Å². The third kappa shape index (κ3) is 12.7. The zero-order chi connectivity index (χ0) is 22.2. The van der Waals surface area contributed by atoms with Crippen LogP contribution in [0.3, 0.4) is 0 Å². The molecule has 13 heteroatoms. The number of rotatable bonds is 3. The third-order valence-electron chi connectivity index (χ3n) is 2.88. The molecule has 0 aliphatic heterocycles. The summed E-state index contributed by atoms with van der Waals surface area (Å²) in [5.74, 6) is 0. The van der Waals surface area contributed by atoms with E-state index in [1.54, 1.807) is 13.8 Å². The van der Waals surface area contributed by atoms with Crippen LogP contribution < -0.4 is 0 Å². The van der Waals surface area contributed by atoms with Crippen molar-refractivity contribution in [2.75, 3.05) is 0 Å². The van der Waals surface area contributed by atoms with Gasteiger partial charge in [-0.05, 0) is 20.3 Å². The summed E-state index contributed by atoms with van der Waals surface area (Å²) in [6.45, 7) is 9.78. The summed E-state index contributed by atoms with van der Waals surface area (Å²) in [6, 6.07) is 0.532. The number of nitrogens with zero attached hydrogens (tertiary/aromatic N) is 1. The molecule has 2 N–H and O–H groups in total. The molecule has 0 saturated carbocycles. The minimum absolute atomic E-state index is 0. The van der Waals surface area contributed by atoms with E-state index in [0.29, 0.717) is 6.04 Å². The summed E-state index contributed by atoms with van der Waals surface area (Å²) < 4.78 is 107. The van der Waals surface area contributed by atoms with E-state index in [0.717, 1.165) is 12.8 Å². The van der Waals surface area contributed by atoms with Gasteiger partial charge in [-0.25, -0.2) is 0 Å². The molecule has 0 amide bonds. The predicted octanol–water partition coefficient (Wildman–Crippen LogP) is 5.54. The third-order valence-corrected chi connectivity index (χ3v) is 3.50. The van der Waals surface area contributed by atoms with Crippen LogP contribution in [0, 0.1) is 7.43 Å². The summed E-state index contributed by atoms with van der Waals surface area (Å²) in [7, 11) is 0. The second-order valence-corrected chi connectivity index (χ2v) is 6.10. The number of alkyl halides is 9. The van der Waals surface area contributed by atoms with Gasteiger partial charge in [0.1, 0.15) is 0 Å². The maximum Gasteiger partial charge on any atom is 0.435 e. The fourth-order valence-corrected chi connectivity index (χ4v) is 0.819. The molecule has 0 aliphatic carbocycles. The van der Waals surface area contributed by atoms with Crippen LogP contribution in [0.25, 0.3) is 0 Å². The molecule has 0 heterocycles. The minimum Gasteiger partial charge on any atom is -0.367 e. The zero-order valence-corrected chi connectivity index (χ0v) is 17.1. The second-order valence-electron chi connectivity index (χ2n) is 5.74. The molecular formula is C14H25F9NO2V-. The Hall–Kier alpha value is -0.326. The van der Waals surface area contributed by atoms with Crippen molar-refractivity contribution < 1.29 is 67.0 Å². The molecule has 0 saturated heterocycles. The van der Waals surface area contributed by atoms with Crippen LogP contribution in [0.4, 0.5) is 39.5 Å². The van der Waals surface area contributed by atoms with Gasteiger partial charge < -0.3 is 17.6 Å². The largest absolute Gasteiger partial charge is 0.435 e. The van der Waals surface area contributed by atoms with Crippen molar-refractivity contribution in [3.8, 4) is 0 Å². The van der Waals surface area contributed by atoms with E-state index < -0.39 is 29.7 Å². The van der Waals surface area contributed by atoms with Crippen LogP contribution in [0.15, 0.2) is 3.79 Å². The normalized spacial score (nSPS) is 13.9. The molecule has 0 fully saturated rings. The number of halogens is 9. The summed E-state index contributed by atoms with van der Waals surface area (Å²) in [4.78, 5) is 0. The molecule has 0 aliphatic rings. The van der Waals surface area contributed by atoms with Gasteiger partial charge in [0, 0.05) is 0 Å². The van der Waals surface area contributed by atoms with E-state index >= 15 is 0 Å². The van der Waals surface area contributed by atoms with Crippen molar-refractivity contribution in [2.24, 2.45) is 3.79 Å². The molecule has 0 aromatic heterocycles. The Morgan fingerprint density at radius 1 is 0.815 bits per heavy atom. The van der Waals surface area contributed by atoms with Crippen molar-refractivity contribution in [1.82, 2.24) is 0 Å². The molecule has 0 rings (SSSR count). The van der Waals surface area contributed by atoms with Crippen LogP contribution in [0.2, 0.25) is 0 Å². The molecule has 0 radical (unpaired) electrons. The van der Waals surface area contributed by atoms with Gasteiger partial charge in [-0.3, -0.25) is 0 Å². The van der Waals surface area contributed by atoms with E-state index in [9.17, 15) is 39.5 Å². The van der Waals surface area contributed by atoms with Crippen molar-refractivity contribution in [2.45, 2.75) is 83.2 Å². The summed E-state index contributed by atoms with van der Waals surface area (Å²) in [5.41, 5.74) is -7.15. The first-order chi connectivity index (χ1) is 11.1. The van der Waals surface area contributed by atoms with Crippen LogP contribution in [-0.2, 0) is 17.2 Å². The van der Waals surface area contributed by atoms with Crippen molar-refractivity contribution >= 4 is 0 Å². The molecular weight excluding hydrogens is 436 g/mol. The van der Waals surface area contributed by atoms with Gasteiger partial charge in [0.2, 0.25) is 0 Å². The van der Waals surface area contributed by atoms with E-state index in [-0.39, 0.29) is 7.43 Å². The van der Waals surface area contributed by atoms with E-state index in [4.69, 9.17) is 10.2 Å². The number of aliphatic hydroxyl groups is 2. The van der Waals surface area contributed by atoms with E-state index in [2.05, 4.69) is 34.9 Å². The van der Waals surface area contributed by atoms with E-state index in [1.807, 2.05) is 6.92 Å². The fourth-order valence-electron chi connectivity index (χ4n) is 0.564. The Morgan fingerprint density at radius 2 is 1.04 bits per heavy atom. The van der Waals surface area contributed by atoms with Gasteiger partial charge in [0.05, 0.1) is 5.60 Å². The molecule has 3 nitrogen and oxygen atoms in total. The standard InChI is InChI=1S/C5H12O.C4HF9O.C4H9N.CH3.V/c1-4-5(2,3)6;5-2(6,7)1(14,3(8,9)10)4(11,12)13;1-3-4(2)5;;/h6H,4H2,1-3H3;14H;4H,3H2,1-2H3;1H3;/q;;;-1;. The summed E-state index contributed by atoms with van der Waals surface area (Å²) in [6.07, 6.45) is -18.6. The molecule has 0 spiro atoms. The maximum absolute atomic E-state index is 11.4. The molecule has 1 unspecified atom stereocenters. The Balaban J connectivity index is -0.000000170. The van der Waals surface area contributed by atoms with Gasteiger partial charge in [-0.15, -0.1) is 0 Å². The van der Waals surface area contributed by atoms with E-state index in [1.165, 1.54) is 0 Å². The average Bonchev–Trinajstić information content (AvgIpc) is 2.42. The molecule has 167 valence electrons. The molecule has 0 bridgehead atoms. The van der Waals surface area contributed by atoms with Gasteiger partial charge in [-0.2, -0.15) is 39.5 Å². The first-order valence-electron chi connectivity index (χ1n) is 7.11. The molecule has 0 aromatic rings. The Labute approximate surface area is 162 Å². The average molecular weight is 461 g/mol. The molecule has 0 aromatic carbocycles. The van der Waals surface area contributed by atoms with Crippen LogP contribution in [0.5, 0.6) is 0 Å². The van der Waals surface area contributed by atoms with Gasteiger partial charge in [0.15, 0.2) is 0 Å². The van der Waals surface area contributed by atoms with Crippen molar-refractivity contribution in [1.29, 1.82) is 0 Å². The van der Waals surface area contributed by atoms with Gasteiger partial charge in [0.25, 0.3) is 0 Å². The van der Waals surface area contributed by atoms with Gasteiger partial charge in [-0.1, -0.05) is 6.92 Å². The first-order valence-corrected chi connectivity index (χ1v) is 7.73. The van der Waals surface area contributed by atoms with Gasteiger partial charge >= 0.3 is 71.5 Å². The summed E-state index contributed by atoms with van der Waals surface area (Å²) >= 11 is 2.24. The quantitative estimate of drug-likeness (QED) is 0.429. The summed E-state index contributed by atoms with van der Waals surface area (Å²) in [5, 5.41) is 16.5. The smallest absolute Gasteiger partial charge is 0.367 e. The first kappa shape index (κ1) is 34.2. The van der Waals surface area contributed by atoms with Crippen LogP contribution >= 0.6 is 0 Å². The Morgan fingerprint density at radius 3 is 1.04 bits per heavy atom. The fraction of sp³-hybridized carbons (Fsp3) is 0.929.